The first-order valence-electron chi connectivity index (χ1n) is 7.38. The number of pyridine rings is 1. The van der Waals surface area contributed by atoms with Gasteiger partial charge in [0.15, 0.2) is 0 Å². The third-order valence-corrected chi connectivity index (χ3v) is 3.16. The highest BCUT2D eigenvalue weighted by molar-refractivity contribution is 5.81. The van der Waals surface area contributed by atoms with Gasteiger partial charge < -0.3 is 10.1 Å². The van der Waals surface area contributed by atoms with E-state index in [4.69, 9.17) is 4.74 Å². The summed E-state index contributed by atoms with van der Waals surface area (Å²) in [6.07, 6.45) is 2.86. The lowest BCUT2D eigenvalue weighted by Gasteiger charge is -2.09. The predicted octanol–water partition coefficient (Wildman–Crippen LogP) is 3.04. The van der Waals surface area contributed by atoms with Gasteiger partial charge in [-0.2, -0.15) is 0 Å². The molecule has 108 valence electrons. The first-order chi connectivity index (χ1) is 9.77. The van der Waals surface area contributed by atoms with Gasteiger partial charge in [-0.1, -0.05) is 38.1 Å². The highest BCUT2D eigenvalue weighted by Crippen LogP contribution is 2.15. The second kappa shape index (κ2) is 7.98. The fourth-order valence-corrected chi connectivity index (χ4v) is 2.18. The van der Waals surface area contributed by atoms with Crippen LogP contribution in [0.5, 0.6) is 0 Å². The van der Waals surface area contributed by atoms with Crippen LogP contribution in [0.3, 0.4) is 0 Å². The summed E-state index contributed by atoms with van der Waals surface area (Å²) >= 11 is 0. The Labute approximate surface area is 121 Å². The van der Waals surface area contributed by atoms with Crippen molar-refractivity contribution in [1.29, 1.82) is 0 Å². The Balaban J connectivity index is 1.73. The summed E-state index contributed by atoms with van der Waals surface area (Å²) in [4.78, 5) is 4.48. The number of nitrogens with zero attached hydrogens (tertiary/aromatic N) is 1. The minimum Gasteiger partial charge on any atom is -0.380 e. The second-order valence-electron chi connectivity index (χ2n) is 5.46. The van der Waals surface area contributed by atoms with E-state index >= 15 is 0 Å². The molecule has 0 aliphatic heterocycles. The Morgan fingerprint density at radius 2 is 2.00 bits per heavy atom. The van der Waals surface area contributed by atoms with Crippen LogP contribution in [0.4, 0.5) is 0 Å². The SMILES string of the molecule is CC(C)COCCNCCc1cccc2cccnc12. The number of para-hydroxylation sites is 1. The van der Waals surface area contributed by atoms with Crippen molar-refractivity contribution in [3.8, 4) is 0 Å². The molecule has 1 aromatic carbocycles. The van der Waals surface area contributed by atoms with Gasteiger partial charge in [0, 0.05) is 24.7 Å². The Hall–Kier alpha value is -1.45. The Morgan fingerprint density at radius 1 is 1.15 bits per heavy atom. The summed E-state index contributed by atoms with van der Waals surface area (Å²) in [7, 11) is 0. The van der Waals surface area contributed by atoms with E-state index in [1.54, 1.807) is 0 Å². The number of fused-ring (bicyclic) bond motifs is 1. The van der Waals surface area contributed by atoms with E-state index in [0.717, 1.165) is 38.2 Å². The van der Waals surface area contributed by atoms with E-state index < -0.39 is 0 Å². The predicted molar refractivity (Wildman–Crippen MR) is 84.0 cm³/mol. The minimum atomic E-state index is 0.608. The van der Waals surface area contributed by atoms with Crippen molar-refractivity contribution in [2.24, 2.45) is 5.92 Å². The van der Waals surface area contributed by atoms with Gasteiger partial charge in [0.1, 0.15) is 0 Å². The molecule has 0 saturated heterocycles. The fraction of sp³-hybridized carbons (Fsp3) is 0.471. The Kier molecular flexibility index (Phi) is 5.96. The van der Waals surface area contributed by atoms with E-state index in [9.17, 15) is 0 Å². The molecule has 2 rings (SSSR count). The zero-order valence-corrected chi connectivity index (χ0v) is 12.4. The summed E-state index contributed by atoms with van der Waals surface area (Å²) in [6.45, 7) is 7.83. The molecule has 3 heteroatoms. The molecule has 0 atom stereocenters. The maximum Gasteiger partial charge on any atom is 0.0734 e. The number of hydrogen-bond donors (Lipinski definition) is 1. The lowest BCUT2D eigenvalue weighted by molar-refractivity contribution is 0.112. The lowest BCUT2D eigenvalue weighted by atomic mass is 10.1. The molecule has 1 aromatic heterocycles. The topological polar surface area (TPSA) is 34.1 Å². The largest absolute Gasteiger partial charge is 0.380 e. The fourth-order valence-electron chi connectivity index (χ4n) is 2.18. The van der Waals surface area contributed by atoms with Gasteiger partial charge in [-0.3, -0.25) is 4.98 Å². The van der Waals surface area contributed by atoms with Crippen LogP contribution in [-0.2, 0) is 11.2 Å². The third kappa shape index (κ3) is 4.58. The highest BCUT2D eigenvalue weighted by atomic mass is 16.5. The minimum absolute atomic E-state index is 0.608. The molecular formula is C17H24N2O. The monoisotopic (exact) mass is 272 g/mol. The Bertz CT molecular complexity index is 520. The quantitative estimate of drug-likeness (QED) is 0.750. The van der Waals surface area contributed by atoms with E-state index in [0.29, 0.717) is 5.92 Å². The molecule has 3 nitrogen and oxygen atoms in total. The molecular weight excluding hydrogens is 248 g/mol. The average Bonchev–Trinajstić information content (AvgIpc) is 2.46. The normalized spacial score (nSPS) is 11.3. The van der Waals surface area contributed by atoms with Crippen LogP contribution in [0, 0.1) is 5.92 Å². The van der Waals surface area contributed by atoms with Gasteiger partial charge in [0.25, 0.3) is 0 Å². The van der Waals surface area contributed by atoms with Crippen molar-refractivity contribution < 1.29 is 4.74 Å². The molecule has 2 aromatic rings. The zero-order chi connectivity index (χ0) is 14.2. The number of hydrogen-bond acceptors (Lipinski definition) is 3. The van der Waals surface area contributed by atoms with E-state index in [1.165, 1.54) is 10.9 Å². The number of rotatable bonds is 8. The molecule has 0 radical (unpaired) electrons. The number of ether oxygens (including phenoxy) is 1. The van der Waals surface area contributed by atoms with Crippen molar-refractivity contribution in [2.75, 3.05) is 26.3 Å². The van der Waals surface area contributed by atoms with Gasteiger partial charge in [-0.25, -0.2) is 0 Å². The maximum atomic E-state index is 5.54. The summed E-state index contributed by atoms with van der Waals surface area (Å²) in [5.41, 5.74) is 2.42. The van der Waals surface area contributed by atoms with Crippen molar-refractivity contribution >= 4 is 10.9 Å². The number of aromatic nitrogens is 1. The Morgan fingerprint density at radius 3 is 2.85 bits per heavy atom. The number of benzene rings is 1. The molecule has 0 unspecified atom stereocenters. The summed E-state index contributed by atoms with van der Waals surface area (Å²) in [6, 6.07) is 10.5. The first-order valence-corrected chi connectivity index (χ1v) is 7.38. The van der Waals surface area contributed by atoms with Gasteiger partial charge >= 0.3 is 0 Å². The maximum absolute atomic E-state index is 5.54. The van der Waals surface area contributed by atoms with Crippen LogP contribution < -0.4 is 5.32 Å². The van der Waals surface area contributed by atoms with E-state index in [-0.39, 0.29) is 0 Å². The molecule has 20 heavy (non-hydrogen) atoms. The van der Waals surface area contributed by atoms with Crippen LogP contribution >= 0.6 is 0 Å². The molecule has 0 spiro atoms. The van der Waals surface area contributed by atoms with Crippen LogP contribution in [0.25, 0.3) is 10.9 Å². The average molecular weight is 272 g/mol. The molecule has 0 aliphatic rings. The van der Waals surface area contributed by atoms with Gasteiger partial charge in [0.2, 0.25) is 0 Å². The van der Waals surface area contributed by atoms with Gasteiger partial charge in [0.05, 0.1) is 12.1 Å². The van der Waals surface area contributed by atoms with Crippen molar-refractivity contribution in [2.45, 2.75) is 20.3 Å². The van der Waals surface area contributed by atoms with Crippen LogP contribution in [0.1, 0.15) is 19.4 Å². The van der Waals surface area contributed by atoms with Crippen molar-refractivity contribution in [1.82, 2.24) is 10.3 Å². The molecule has 1 N–H and O–H groups in total. The van der Waals surface area contributed by atoms with Crippen LogP contribution in [-0.4, -0.2) is 31.3 Å². The van der Waals surface area contributed by atoms with E-state index in [1.807, 2.05) is 12.3 Å². The standard InChI is InChI=1S/C17H24N2O/c1-14(2)13-20-12-11-18-10-8-16-6-3-5-15-7-4-9-19-17(15)16/h3-7,9,14,18H,8,10-13H2,1-2H3. The second-order valence-corrected chi connectivity index (χ2v) is 5.46. The molecule has 0 fully saturated rings. The lowest BCUT2D eigenvalue weighted by Crippen LogP contribution is -2.23. The molecule has 0 amide bonds. The van der Waals surface area contributed by atoms with Gasteiger partial charge in [-0.15, -0.1) is 0 Å². The summed E-state index contributed by atoms with van der Waals surface area (Å²) in [5, 5.41) is 4.63. The van der Waals surface area contributed by atoms with Crippen molar-refractivity contribution in [3.63, 3.8) is 0 Å². The summed E-state index contributed by atoms with van der Waals surface area (Å²) < 4.78 is 5.54. The smallest absolute Gasteiger partial charge is 0.0734 e. The number of nitrogens with one attached hydrogen (secondary N) is 1. The first kappa shape index (κ1) is 14.9. The van der Waals surface area contributed by atoms with Gasteiger partial charge in [-0.05, 0) is 30.5 Å². The van der Waals surface area contributed by atoms with E-state index in [2.05, 4.69) is 48.4 Å². The summed E-state index contributed by atoms with van der Waals surface area (Å²) in [5.74, 6) is 0.608. The van der Waals surface area contributed by atoms with Crippen molar-refractivity contribution in [3.05, 3.63) is 42.1 Å². The molecule has 0 bridgehead atoms. The molecule has 1 heterocycles. The van der Waals surface area contributed by atoms with Crippen LogP contribution in [0.15, 0.2) is 36.5 Å². The third-order valence-electron chi connectivity index (χ3n) is 3.16. The van der Waals surface area contributed by atoms with Crippen LogP contribution in [0.2, 0.25) is 0 Å². The zero-order valence-electron chi connectivity index (χ0n) is 12.4. The highest BCUT2D eigenvalue weighted by Gasteiger charge is 2.01. The molecule has 0 aliphatic carbocycles. The molecule has 0 saturated carbocycles.